The molecule has 1 aromatic rings. The van der Waals surface area contributed by atoms with Crippen molar-refractivity contribution in [3.8, 4) is 0 Å². The van der Waals surface area contributed by atoms with Gasteiger partial charge in [-0.15, -0.1) is 0 Å². The lowest BCUT2D eigenvalue weighted by atomic mass is 9.75. The number of halogens is 2. The first-order valence-corrected chi connectivity index (χ1v) is 7.89. The molecule has 1 aromatic carbocycles. The summed E-state index contributed by atoms with van der Waals surface area (Å²) >= 11 is 11.9. The second-order valence-electron chi connectivity index (χ2n) is 5.92. The summed E-state index contributed by atoms with van der Waals surface area (Å²) in [5.41, 5.74) is 0.570. The molecule has 0 aliphatic heterocycles. The molecule has 0 aromatic heterocycles. The smallest absolute Gasteiger partial charge is 0.0939 e. The average molecular weight is 317 g/mol. The van der Waals surface area contributed by atoms with Crippen LogP contribution in [0.4, 0.5) is 0 Å². The van der Waals surface area contributed by atoms with Gasteiger partial charge in [0.25, 0.3) is 0 Å². The van der Waals surface area contributed by atoms with Gasteiger partial charge < -0.3 is 9.84 Å². The Bertz CT molecular complexity index is 454. The van der Waals surface area contributed by atoms with Crippen molar-refractivity contribution in [2.24, 2.45) is 5.92 Å². The molecule has 0 radical (unpaired) electrons. The van der Waals surface area contributed by atoms with Crippen LogP contribution in [-0.2, 0) is 11.2 Å². The first kappa shape index (κ1) is 16.1. The molecule has 1 aliphatic carbocycles. The number of aliphatic hydroxyl groups is 1. The summed E-state index contributed by atoms with van der Waals surface area (Å²) in [5.74, 6) is 0.718. The number of ether oxygens (including phenoxy) is 1. The van der Waals surface area contributed by atoms with E-state index < -0.39 is 11.7 Å². The molecule has 2 nitrogen and oxygen atoms in total. The highest BCUT2D eigenvalue weighted by Gasteiger charge is 2.40. The lowest BCUT2D eigenvalue weighted by Gasteiger charge is -2.41. The molecule has 20 heavy (non-hydrogen) atoms. The second-order valence-corrected chi connectivity index (χ2v) is 6.73. The molecule has 1 fully saturated rings. The van der Waals surface area contributed by atoms with Crippen LogP contribution >= 0.6 is 23.2 Å². The maximum absolute atomic E-state index is 10.6. The molecule has 1 saturated carbocycles. The van der Waals surface area contributed by atoms with E-state index in [4.69, 9.17) is 27.9 Å². The third-order valence-corrected chi connectivity index (χ3v) is 5.29. The third-order valence-electron chi connectivity index (χ3n) is 4.55. The molecule has 0 saturated heterocycles. The highest BCUT2D eigenvalue weighted by Crippen LogP contribution is 2.38. The van der Waals surface area contributed by atoms with E-state index in [1.165, 1.54) is 0 Å². The summed E-state index contributed by atoms with van der Waals surface area (Å²) < 4.78 is 5.71. The van der Waals surface area contributed by atoms with Crippen molar-refractivity contribution < 1.29 is 9.84 Å². The topological polar surface area (TPSA) is 29.5 Å². The van der Waals surface area contributed by atoms with Crippen molar-refractivity contribution in [3.63, 3.8) is 0 Å². The number of benzene rings is 1. The molecule has 112 valence electrons. The molecule has 1 N–H and O–H groups in total. The Morgan fingerprint density at radius 2 is 1.95 bits per heavy atom. The minimum absolute atomic E-state index is 0.418. The number of rotatable bonds is 4. The van der Waals surface area contributed by atoms with Crippen LogP contribution in [0.3, 0.4) is 0 Å². The van der Waals surface area contributed by atoms with Crippen molar-refractivity contribution in [1.82, 2.24) is 0 Å². The average Bonchev–Trinajstić information content (AvgIpc) is 2.44. The van der Waals surface area contributed by atoms with Crippen molar-refractivity contribution >= 4 is 23.2 Å². The van der Waals surface area contributed by atoms with Gasteiger partial charge in [-0.25, -0.2) is 0 Å². The zero-order valence-electron chi connectivity index (χ0n) is 12.0. The van der Waals surface area contributed by atoms with E-state index in [-0.39, 0.29) is 0 Å². The Labute approximate surface area is 131 Å². The van der Waals surface area contributed by atoms with Gasteiger partial charge in [0.2, 0.25) is 0 Å². The van der Waals surface area contributed by atoms with Crippen molar-refractivity contribution in [2.75, 3.05) is 7.11 Å². The first-order chi connectivity index (χ1) is 9.47. The molecule has 2 rings (SSSR count). The van der Waals surface area contributed by atoms with Crippen LogP contribution in [0.25, 0.3) is 0 Å². The van der Waals surface area contributed by atoms with E-state index in [1.54, 1.807) is 13.2 Å². The fourth-order valence-electron chi connectivity index (χ4n) is 3.00. The fourth-order valence-corrected chi connectivity index (χ4v) is 3.32. The highest BCUT2D eigenvalue weighted by molar-refractivity contribution is 6.42. The standard InChI is InChI=1S/C16H22Cl2O2/c1-11-5-7-16(20-2,8-6-11)15(19)10-12-3-4-13(17)14(18)9-12/h3-4,9,11,15,19H,5-8,10H2,1-2H3. The normalized spacial score (nSPS) is 28.4. The Hall–Kier alpha value is -0.280. The van der Waals surface area contributed by atoms with E-state index >= 15 is 0 Å². The summed E-state index contributed by atoms with van der Waals surface area (Å²) in [6.45, 7) is 2.25. The van der Waals surface area contributed by atoms with Gasteiger partial charge in [-0.2, -0.15) is 0 Å². The zero-order valence-corrected chi connectivity index (χ0v) is 13.5. The maximum Gasteiger partial charge on any atom is 0.0939 e. The zero-order chi connectivity index (χ0) is 14.8. The van der Waals surface area contributed by atoms with Gasteiger partial charge in [0.15, 0.2) is 0 Å². The molecule has 0 amide bonds. The van der Waals surface area contributed by atoms with Gasteiger partial charge in [0.1, 0.15) is 0 Å². The van der Waals surface area contributed by atoms with Crippen LogP contribution in [0.2, 0.25) is 10.0 Å². The Kier molecular flexibility index (Phi) is 5.36. The van der Waals surface area contributed by atoms with Crippen molar-refractivity contribution in [2.45, 2.75) is 50.7 Å². The SMILES string of the molecule is COC1(C(O)Cc2ccc(Cl)c(Cl)c2)CCC(C)CC1. The van der Waals surface area contributed by atoms with Crippen LogP contribution in [-0.4, -0.2) is 23.9 Å². The van der Waals surface area contributed by atoms with Gasteiger partial charge in [-0.1, -0.05) is 36.2 Å². The third kappa shape index (κ3) is 3.48. The van der Waals surface area contributed by atoms with Gasteiger partial charge in [-0.3, -0.25) is 0 Å². The van der Waals surface area contributed by atoms with Gasteiger partial charge in [-0.05, 0) is 49.3 Å². The van der Waals surface area contributed by atoms with Gasteiger partial charge in [0, 0.05) is 13.5 Å². The molecule has 0 spiro atoms. The van der Waals surface area contributed by atoms with Crippen LogP contribution in [0.15, 0.2) is 18.2 Å². The van der Waals surface area contributed by atoms with E-state index in [1.807, 2.05) is 12.1 Å². The number of hydrogen-bond donors (Lipinski definition) is 1. The lowest BCUT2D eigenvalue weighted by molar-refractivity contribution is -0.127. The number of hydrogen-bond acceptors (Lipinski definition) is 2. The van der Waals surface area contributed by atoms with Gasteiger partial charge in [0.05, 0.1) is 21.8 Å². The summed E-state index contributed by atoms with van der Waals surface area (Å²) in [7, 11) is 1.70. The molecular formula is C16H22Cl2O2. The second kappa shape index (κ2) is 6.65. The predicted octanol–water partition coefficient (Wildman–Crippen LogP) is 4.49. The minimum atomic E-state index is -0.516. The van der Waals surface area contributed by atoms with Gasteiger partial charge >= 0.3 is 0 Å². The summed E-state index contributed by atoms with van der Waals surface area (Å²) in [6.07, 6.45) is 4.05. The Morgan fingerprint density at radius 1 is 1.30 bits per heavy atom. The van der Waals surface area contributed by atoms with Crippen LogP contribution in [0.5, 0.6) is 0 Å². The van der Waals surface area contributed by atoms with Crippen LogP contribution in [0.1, 0.15) is 38.2 Å². The molecule has 0 bridgehead atoms. The Morgan fingerprint density at radius 3 is 2.50 bits per heavy atom. The quantitative estimate of drug-likeness (QED) is 0.886. The highest BCUT2D eigenvalue weighted by atomic mass is 35.5. The summed E-state index contributed by atoms with van der Waals surface area (Å²) in [6, 6.07) is 5.50. The van der Waals surface area contributed by atoms with Crippen molar-refractivity contribution in [3.05, 3.63) is 33.8 Å². The molecule has 1 atom stereocenters. The number of aliphatic hydroxyl groups excluding tert-OH is 1. The number of methoxy groups -OCH3 is 1. The van der Waals surface area contributed by atoms with E-state index in [0.717, 1.165) is 37.2 Å². The molecule has 0 heterocycles. The molecule has 1 aliphatic rings. The predicted molar refractivity (Wildman–Crippen MR) is 83.5 cm³/mol. The minimum Gasteiger partial charge on any atom is -0.390 e. The summed E-state index contributed by atoms with van der Waals surface area (Å²) in [5, 5.41) is 11.7. The Balaban J connectivity index is 2.09. The monoisotopic (exact) mass is 316 g/mol. The van der Waals surface area contributed by atoms with Crippen LogP contribution < -0.4 is 0 Å². The fraction of sp³-hybridized carbons (Fsp3) is 0.625. The lowest BCUT2D eigenvalue weighted by Crippen LogP contribution is -2.47. The maximum atomic E-state index is 10.6. The molecule has 1 unspecified atom stereocenters. The first-order valence-electron chi connectivity index (χ1n) is 7.14. The largest absolute Gasteiger partial charge is 0.390 e. The van der Waals surface area contributed by atoms with E-state index in [2.05, 4.69) is 6.92 Å². The van der Waals surface area contributed by atoms with Crippen molar-refractivity contribution in [1.29, 1.82) is 0 Å². The summed E-state index contributed by atoms with van der Waals surface area (Å²) in [4.78, 5) is 0. The van der Waals surface area contributed by atoms with E-state index in [9.17, 15) is 5.11 Å². The van der Waals surface area contributed by atoms with E-state index in [0.29, 0.717) is 16.5 Å². The van der Waals surface area contributed by atoms with Crippen LogP contribution in [0, 0.1) is 5.92 Å². The molecule has 4 heteroatoms. The molecular weight excluding hydrogens is 295 g/mol.